The molecule has 0 atom stereocenters. The van der Waals surface area contributed by atoms with E-state index in [1.165, 1.54) is 11.9 Å². The van der Waals surface area contributed by atoms with Gasteiger partial charge < -0.3 is 10.2 Å². The number of aryl methyl sites for hydroxylation is 2. The lowest BCUT2D eigenvalue weighted by Crippen LogP contribution is -2.49. The normalized spacial score (nSPS) is 13.9. The van der Waals surface area contributed by atoms with Crippen LogP contribution in [-0.4, -0.2) is 52.9 Å². The van der Waals surface area contributed by atoms with Crippen LogP contribution < -0.4 is 16.2 Å². The lowest BCUT2D eigenvalue weighted by Gasteiger charge is -2.17. The molecule has 0 aromatic heterocycles. The maximum atomic E-state index is 11.9. The maximum absolute atomic E-state index is 11.9. The molecule has 0 bridgehead atoms. The zero-order valence-electron chi connectivity index (χ0n) is 14.4. The minimum absolute atomic E-state index is 0.0212. The van der Waals surface area contributed by atoms with Crippen molar-refractivity contribution in [3.05, 3.63) is 29.3 Å². The van der Waals surface area contributed by atoms with Crippen molar-refractivity contribution in [3.8, 4) is 0 Å². The van der Waals surface area contributed by atoms with Crippen LogP contribution in [0.3, 0.4) is 0 Å². The van der Waals surface area contributed by atoms with E-state index in [0.717, 1.165) is 28.1 Å². The van der Waals surface area contributed by atoms with Gasteiger partial charge in [-0.05, 0) is 36.7 Å². The summed E-state index contributed by atoms with van der Waals surface area (Å²) in [5, 5.41) is 3.27. The molecule has 1 saturated heterocycles. The van der Waals surface area contributed by atoms with Crippen molar-refractivity contribution >= 4 is 40.9 Å². The number of carbonyl (C=O) groups excluding carboxylic acids is 3. The van der Waals surface area contributed by atoms with Gasteiger partial charge in [-0.1, -0.05) is 25.1 Å². The number of benzene rings is 1. The summed E-state index contributed by atoms with van der Waals surface area (Å²) in [7, 11) is 1.50. The van der Waals surface area contributed by atoms with Crippen molar-refractivity contribution < 1.29 is 14.4 Å². The Morgan fingerprint density at radius 3 is 2.60 bits per heavy atom. The minimum Gasteiger partial charge on any atom is -0.331 e. The highest BCUT2D eigenvalue weighted by Gasteiger charge is 2.34. The van der Waals surface area contributed by atoms with Gasteiger partial charge in [-0.15, -0.1) is 0 Å². The molecule has 0 saturated carbocycles. The predicted molar refractivity (Wildman–Crippen MR) is 97.8 cm³/mol. The second-order valence-electron chi connectivity index (χ2n) is 5.71. The Balaban J connectivity index is 1.87. The van der Waals surface area contributed by atoms with Gasteiger partial charge in [-0.2, -0.15) is 0 Å². The monoisotopic (exact) mass is 363 g/mol. The number of amides is 4. The van der Waals surface area contributed by atoms with Gasteiger partial charge in [0.25, 0.3) is 11.8 Å². The lowest BCUT2D eigenvalue weighted by molar-refractivity contribution is -0.130. The van der Waals surface area contributed by atoms with Crippen LogP contribution in [0.1, 0.15) is 18.1 Å². The number of rotatable bonds is 4. The predicted octanol–water partition coefficient (Wildman–Crippen LogP) is 0.769. The molecule has 2 rings (SSSR count). The Bertz CT molecular complexity index is 722. The fourth-order valence-corrected chi connectivity index (χ4v) is 2.63. The van der Waals surface area contributed by atoms with E-state index in [-0.39, 0.29) is 18.2 Å². The number of urea groups is 1. The molecule has 0 aliphatic carbocycles. The number of para-hydroxylation sites is 1. The first kappa shape index (κ1) is 18.7. The van der Waals surface area contributed by atoms with Crippen LogP contribution in [0.2, 0.25) is 0 Å². The molecule has 0 unspecified atom stereocenters. The fourth-order valence-electron chi connectivity index (χ4n) is 2.48. The number of hydrazine groups is 1. The van der Waals surface area contributed by atoms with Gasteiger partial charge in [0.1, 0.15) is 13.1 Å². The molecular weight excluding hydrogens is 342 g/mol. The van der Waals surface area contributed by atoms with Crippen LogP contribution in [-0.2, 0) is 16.0 Å². The van der Waals surface area contributed by atoms with Crippen molar-refractivity contribution in [2.75, 3.05) is 25.5 Å². The first-order chi connectivity index (χ1) is 11.8. The summed E-state index contributed by atoms with van der Waals surface area (Å²) in [6, 6.07) is 5.44. The van der Waals surface area contributed by atoms with E-state index in [4.69, 9.17) is 12.2 Å². The maximum Gasteiger partial charge on any atom is 0.327 e. The third-order valence-corrected chi connectivity index (χ3v) is 4.03. The van der Waals surface area contributed by atoms with Gasteiger partial charge in [-0.3, -0.25) is 25.3 Å². The van der Waals surface area contributed by atoms with Crippen LogP contribution in [0.25, 0.3) is 0 Å². The topological polar surface area (TPSA) is 93.8 Å². The average molecular weight is 363 g/mol. The third kappa shape index (κ3) is 4.44. The van der Waals surface area contributed by atoms with Crippen molar-refractivity contribution in [1.29, 1.82) is 0 Å². The minimum atomic E-state index is -0.540. The standard InChI is InChI=1S/C16H21N5O3S/c1-4-11-7-5-6-10(2)14(11)17-15(25)19-18-12(22)8-21-13(23)9-20(3)16(21)24/h5-7H,4,8-9H2,1-3H3,(H,18,22)(H2,17,19,25). The molecule has 1 fully saturated rings. The number of nitrogens with zero attached hydrogens (tertiary/aromatic N) is 2. The molecule has 0 spiro atoms. The molecule has 1 aliphatic heterocycles. The highest BCUT2D eigenvalue weighted by atomic mass is 32.1. The molecule has 9 heteroatoms. The molecule has 0 radical (unpaired) electrons. The van der Waals surface area contributed by atoms with Gasteiger partial charge in [0.15, 0.2) is 5.11 Å². The molecule has 1 aromatic carbocycles. The number of anilines is 1. The Morgan fingerprint density at radius 1 is 1.28 bits per heavy atom. The quantitative estimate of drug-likeness (QED) is 0.416. The Kier molecular flexibility index (Phi) is 5.92. The van der Waals surface area contributed by atoms with Crippen LogP contribution >= 0.6 is 12.2 Å². The summed E-state index contributed by atoms with van der Waals surface area (Å²) in [5.41, 5.74) is 8.00. The lowest BCUT2D eigenvalue weighted by atomic mass is 10.1. The third-order valence-electron chi connectivity index (χ3n) is 3.83. The SMILES string of the molecule is CCc1cccc(C)c1NC(=S)NNC(=O)CN1C(=O)CN(C)C1=O. The van der Waals surface area contributed by atoms with Crippen LogP contribution in [0, 0.1) is 6.92 Å². The number of likely N-dealkylation sites (N-methyl/N-ethyl adjacent to an activating group) is 1. The number of thiocarbonyl (C=S) groups is 1. The first-order valence-corrected chi connectivity index (χ1v) is 8.24. The van der Waals surface area contributed by atoms with Gasteiger partial charge in [0.2, 0.25) is 0 Å². The smallest absolute Gasteiger partial charge is 0.327 e. The largest absolute Gasteiger partial charge is 0.331 e. The average Bonchev–Trinajstić information content (AvgIpc) is 2.81. The van der Waals surface area contributed by atoms with Crippen molar-refractivity contribution in [2.24, 2.45) is 0 Å². The van der Waals surface area contributed by atoms with Crippen LogP contribution in [0.4, 0.5) is 10.5 Å². The summed E-state index contributed by atoms with van der Waals surface area (Å²) in [6.45, 7) is 3.62. The van der Waals surface area contributed by atoms with E-state index in [2.05, 4.69) is 16.2 Å². The number of hydrogen-bond donors (Lipinski definition) is 3. The number of imide groups is 1. The highest BCUT2D eigenvalue weighted by Crippen LogP contribution is 2.20. The van der Waals surface area contributed by atoms with Gasteiger partial charge in [0.05, 0.1) is 0 Å². The Hall–Kier alpha value is -2.68. The number of nitrogens with one attached hydrogen (secondary N) is 3. The van der Waals surface area contributed by atoms with Crippen LogP contribution in [0.15, 0.2) is 18.2 Å². The summed E-state index contributed by atoms with van der Waals surface area (Å²) in [6.07, 6.45) is 0.839. The molecule has 3 N–H and O–H groups in total. The van der Waals surface area contributed by atoms with Gasteiger partial charge in [0, 0.05) is 12.7 Å². The second-order valence-corrected chi connectivity index (χ2v) is 6.12. The number of hydrogen-bond acceptors (Lipinski definition) is 4. The first-order valence-electron chi connectivity index (χ1n) is 7.83. The van der Waals surface area contributed by atoms with E-state index in [9.17, 15) is 14.4 Å². The molecule has 1 aromatic rings. The van der Waals surface area contributed by atoms with Gasteiger partial charge >= 0.3 is 6.03 Å². The summed E-state index contributed by atoms with van der Waals surface area (Å²) in [4.78, 5) is 37.4. The molecular formula is C16H21N5O3S. The Morgan fingerprint density at radius 2 is 2.00 bits per heavy atom. The van der Waals surface area contributed by atoms with Crippen molar-refractivity contribution in [3.63, 3.8) is 0 Å². The molecule has 1 aliphatic rings. The Labute approximate surface area is 151 Å². The molecule has 8 nitrogen and oxygen atoms in total. The zero-order chi connectivity index (χ0) is 18.6. The fraction of sp³-hybridized carbons (Fsp3) is 0.375. The van der Waals surface area contributed by atoms with E-state index < -0.39 is 17.8 Å². The molecule has 4 amide bonds. The van der Waals surface area contributed by atoms with Crippen molar-refractivity contribution in [1.82, 2.24) is 20.7 Å². The molecule has 1 heterocycles. The molecule has 25 heavy (non-hydrogen) atoms. The van der Waals surface area contributed by atoms with Crippen LogP contribution in [0.5, 0.6) is 0 Å². The summed E-state index contributed by atoms with van der Waals surface area (Å²) in [5.74, 6) is -0.947. The summed E-state index contributed by atoms with van der Waals surface area (Å²) < 4.78 is 0. The van der Waals surface area contributed by atoms with E-state index in [1.54, 1.807) is 0 Å². The van der Waals surface area contributed by atoms with E-state index in [0.29, 0.717) is 0 Å². The summed E-state index contributed by atoms with van der Waals surface area (Å²) >= 11 is 5.18. The van der Waals surface area contributed by atoms with E-state index in [1.807, 2.05) is 32.0 Å². The van der Waals surface area contributed by atoms with Crippen molar-refractivity contribution in [2.45, 2.75) is 20.3 Å². The second kappa shape index (κ2) is 7.93. The number of carbonyl (C=O) groups is 3. The van der Waals surface area contributed by atoms with Gasteiger partial charge in [-0.25, -0.2) is 4.79 Å². The highest BCUT2D eigenvalue weighted by molar-refractivity contribution is 7.80. The zero-order valence-corrected chi connectivity index (χ0v) is 15.2. The molecule has 134 valence electrons. The van der Waals surface area contributed by atoms with E-state index >= 15 is 0 Å².